The van der Waals surface area contributed by atoms with E-state index in [1.165, 1.54) is 12.8 Å². The number of rotatable bonds is 2. The first-order chi connectivity index (χ1) is 6.29. The summed E-state index contributed by atoms with van der Waals surface area (Å²) in [5.74, 6) is 0.850. The van der Waals surface area contributed by atoms with Crippen molar-refractivity contribution in [3.05, 3.63) is 10.5 Å². The SMILES string of the molecule is CCC1CCN(c2nc(Cl)cs2)C1. The molecule has 0 radical (unpaired) electrons. The molecule has 1 unspecified atom stereocenters. The highest BCUT2D eigenvalue weighted by molar-refractivity contribution is 7.14. The third kappa shape index (κ3) is 1.97. The predicted molar refractivity (Wildman–Crippen MR) is 57.7 cm³/mol. The van der Waals surface area contributed by atoms with E-state index >= 15 is 0 Å². The fourth-order valence-electron chi connectivity index (χ4n) is 1.73. The molecule has 1 aliphatic rings. The summed E-state index contributed by atoms with van der Waals surface area (Å²) in [6.07, 6.45) is 2.57. The van der Waals surface area contributed by atoms with Crippen molar-refractivity contribution in [3.8, 4) is 0 Å². The van der Waals surface area contributed by atoms with Crippen LogP contribution < -0.4 is 4.90 Å². The van der Waals surface area contributed by atoms with Gasteiger partial charge in [-0.05, 0) is 12.3 Å². The van der Waals surface area contributed by atoms with Crippen LogP contribution in [0, 0.1) is 5.92 Å². The predicted octanol–water partition coefficient (Wildman–Crippen LogP) is 3.03. The Balaban J connectivity index is 2.03. The van der Waals surface area contributed by atoms with E-state index in [2.05, 4.69) is 16.8 Å². The fourth-order valence-corrected chi connectivity index (χ4v) is 2.72. The van der Waals surface area contributed by atoms with Crippen LogP contribution in [0.4, 0.5) is 5.13 Å². The monoisotopic (exact) mass is 216 g/mol. The Bertz CT molecular complexity index is 287. The molecule has 0 saturated carbocycles. The molecule has 1 atom stereocenters. The Hall–Kier alpha value is -0.280. The van der Waals surface area contributed by atoms with Crippen molar-refractivity contribution in [1.82, 2.24) is 4.98 Å². The quantitative estimate of drug-likeness (QED) is 0.756. The maximum atomic E-state index is 5.78. The van der Waals surface area contributed by atoms with Gasteiger partial charge >= 0.3 is 0 Å². The van der Waals surface area contributed by atoms with Gasteiger partial charge in [0.05, 0.1) is 0 Å². The number of hydrogen-bond acceptors (Lipinski definition) is 3. The lowest BCUT2D eigenvalue weighted by atomic mass is 10.1. The zero-order valence-electron chi connectivity index (χ0n) is 7.66. The Morgan fingerprint density at radius 3 is 3.15 bits per heavy atom. The summed E-state index contributed by atoms with van der Waals surface area (Å²) in [4.78, 5) is 6.61. The topological polar surface area (TPSA) is 16.1 Å². The van der Waals surface area contributed by atoms with Crippen molar-refractivity contribution in [2.24, 2.45) is 5.92 Å². The van der Waals surface area contributed by atoms with Crippen molar-refractivity contribution < 1.29 is 0 Å². The highest BCUT2D eigenvalue weighted by Gasteiger charge is 2.22. The standard InChI is InChI=1S/C9H13ClN2S/c1-2-7-3-4-12(5-7)9-11-8(10)6-13-9/h6-7H,2-5H2,1H3. The van der Waals surface area contributed by atoms with Gasteiger partial charge in [-0.3, -0.25) is 0 Å². The maximum absolute atomic E-state index is 5.78. The third-order valence-electron chi connectivity index (χ3n) is 2.60. The molecule has 2 heterocycles. The van der Waals surface area contributed by atoms with Crippen LogP contribution >= 0.6 is 22.9 Å². The summed E-state index contributed by atoms with van der Waals surface area (Å²) in [7, 11) is 0. The van der Waals surface area contributed by atoms with Gasteiger partial charge in [-0.25, -0.2) is 4.98 Å². The van der Waals surface area contributed by atoms with Crippen LogP contribution in [0.3, 0.4) is 0 Å². The second-order valence-corrected chi connectivity index (χ2v) is 4.69. The normalized spacial score (nSPS) is 22.6. The van der Waals surface area contributed by atoms with E-state index in [0.29, 0.717) is 5.15 Å². The molecular formula is C9H13ClN2S. The van der Waals surface area contributed by atoms with Crippen LogP contribution in [-0.4, -0.2) is 18.1 Å². The molecule has 0 amide bonds. The minimum absolute atomic E-state index is 0.625. The van der Waals surface area contributed by atoms with Crippen molar-refractivity contribution in [2.75, 3.05) is 18.0 Å². The lowest BCUT2D eigenvalue weighted by Crippen LogP contribution is -2.18. The molecule has 0 spiro atoms. The van der Waals surface area contributed by atoms with Crippen LogP contribution in [0.1, 0.15) is 19.8 Å². The molecule has 2 nitrogen and oxygen atoms in total. The molecule has 1 saturated heterocycles. The van der Waals surface area contributed by atoms with Crippen LogP contribution in [0.25, 0.3) is 0 Å². The van der Waals surface area contributed by atoms with E-state index in [4.69, 9.17) is 11.6 Å². The van der Waals surface area contributed by atoms with Gasteiger partial charge in [0.1, 0.15) is 5.15 Å². The summed E-state index contributed by atoms with van der Waals surface area (Å²) in [5.41, 5.74) is 0. The second kappa shape index (κ2) is 3.84. The maximum Gasteiger partial charge on any atom is 0.186 e. The van der Waals surface area contributed by atoms with Gasteiger partial charge in [-0.2, -0.15) is 0 Å². The van der Waals surface area contributed by atoms with Crippen molar-refractivity contribution in [1.29, 1.82) is 0 Å². The number of nitrogens with zero attached hydrogens (tertiary/aromatic N) is 2. The van der Waals surface area contributed by atoms with Gasteiger partial charge < -0.3 is 4.90 Å². The number of halogens is 1. The van der Waals surface area contributed by atoms with E-state index in [9.17, 15) is 0 Å². The van der Waals surface area contributed by atoms with Crippen LogP contribution in [0.15, 0.2) is 5.38 Å². The smallest absolute Gasteiger partial charge is 0.186 e. The number of thiazole rings is 1. The van der Waals surface area contributed by atoms with Gasteiger partial charge in [-0.1, -0.05) is 24.9 Å². The molecule has 1 aromatic heterocycles. The van der Waals surface area contributed by atoms with Gasteiger partial charge in [0.15, 0.2) is 5.13 Å². The Kier molecular flexibility index (Phi) is 2.74. The molecule has 72 valence electrons. The molecule has 13 heavy (non-hydrogen) atoms. The highest BCUT2D eigenvalue weighted by atomic mass is 35.5. The lowest BCUT2D eigenvalue weighted by molar-refractivity contribution is 0.569. The molecular weight excluding hydrogens is 204 g/mol. The van der Waals surface area contributed by atoms with Crippen LogP contribution in [0.5, 0.6) is 0 Å². The zero-order valence-corrected chi connectivity index (χ0v) is 9.24. The van der Waals surface area contributed by atoms with E-state index < -0.39 is 0 Å². The molecule has 1 aromatic rings. The average Bonchev–Trinajstić information content (AvgIpc) is 2.71. The van der Waals surface area contributed by atoms with Crippen LogP contribution in [-0.2, 0) is 0 Å². The summed E-state index contributed by atoms with van der Waals surface area (Å²) in [6.45, 7) is 4.55. The van der Waals surface area contributed by atoms with Gasteiger partial charge in [-0.15, -0.1) is 11.3 Å². The first-order valence-corrected chi connectivity index (χ1v) is 5.91. The number of hydrogen-bond donors (Lipinski definition) is 0. The molecule has 2 rings (SSSR count). The van der Waals surface area contributed by atoms with E-state index in [1.54, 1.807) is 11.3 Å². The fraction of sp³-hybridized carbons (Fsp3) is 0.667. The summed E-state index contributed by atoms with van der Waals surface area (Å²) < 4.78 is 0. The van der Waals surface area contributed by atoms with E-state index in [1.807, 2.05) is 5.38 Å². The largest absolute Gasteiger partial charge is 0.348 e. The molecule has 4 heteroatoms. The van der Waals surface area contributed by atoms with Crippen LogP contribution in [0.2, 0.25) is 5.15 Å². The van der Waals surface area contributed by atoms with Crippen molar-refractivity contribution >= 4 is 28.1 Å². The molecule has 1 fully saturated rings. The molecule has 0 aromatic carbocycles. The minimum atomic E-state index is 0.625. The molecule has 1 aliphatic heterocycles. The molecule has 0 aliphatic carbocycles. The Morgan fingerprint density at radius 1 is 1.77 bits per heavy atom. The number of aromatic nitrogens is 1. The second-order valence-electron chi connectivity index (χ2n) is 3.46. The average molecular weight is 217 g/mol. The van der Waals surface area contributed by atoms with Gasteiger partial charge in [0.25, 0.3) is 0 Å². The van der Waals surface area contributed by atoms with E-state index in [0.717, 1.165) is 24.1 Å². The Morgan fingerprint density at radius 2 is 2.62 bits per heavy atom. The first kappa shape index (κ1) is 9.28. The zero-order chi connectivity index (χ0) is 9.26. The minimum Gasteiger partial charge on any atom is -0.348 e. The van der Waals surface area contributed by atoms with Gasteiger partial charge in [0.2, 0.25) is 0 Å². The van der Waals surface area contributed by atoms with Crippen molar-refractivity contribution in [3.63, 3.8) is 0 Å². The first-order valence-electron chi connectivity index (χ1n) is 4.65. The summed E-state index contributed by atoms with van der Waals surface area (Å²) in [6, 6.07) is 0. The third-order valence-corrected chi connectivity index (χ3v) is 3.82. The summed E-state index contributed by atoms with van der Waals surface area (Å²) >= 11 is 7.42. The van der Waals surface area contributed by atoms with Gasteiger partial charge in [0, 0.05) is 18.5 Å². The number of anilines is 1. The van der Waals surface area contributed by atoms with Crippen molar-refractivity contribution in [2.45, 2.75) is 19.8 Å². The molecule has 0 N–H and O–H groups in total. The highest BCUT2D eigenvalue weighted by Crippen LogP contribution is 2.29. The Labute approximate surface area is 87.5 Å². The van der Waals surface area contributed by atoms with E-state index in [-0.39, 0.29) is 0 Å². The molecule has 0 bridgehead atoms. The summed E-state index contributed by atoms with van der Waals surface area (Å²) in [5, 5.41) is 3.61. The lowest BCUT2D eigenvalue weighted by Gasteiger charge is -2.13.